The molecule has 2 amide bonds. The lowest BCUT2D eigenvalue weighted by Crippen LogP contribution is -2.42. The van der Waals surface area contributed by atoms with Crippen LogP contribution in [-0.4, -0.2) is 43.7 Å². The predicted molar refractivity (Wildman–Crippen MR) is 58.0 cm³/mol. The zero-order valence-electron chi connectivity index (χ0n) is 9.44. The summed E-state index contributed by atoms with van der Waals surface area (Å²) in [6.07, 6.45) is 2.43. The van der Waals surface area contributed by atoms with Crippen LogP contribution < -0.4 is 11.1 Å². The molecule has 9 heteroatoms. The maximum atomic E-state index is 11.5. The van der Waals surface area contributed by atoms with Gasteiger partial charge >= 0.3 is 5.97 Å². The number of hydrogen-bond acceptors (Lipinski definition) is 5. The summed E-state index contributed by atoms with van der Waals surface area (Å²) >= 11 is 0. The van der Waals surface area contributed by atoms with Gasteiger partial charge in [-0.15, -0.1) is 0 Å². The molecule has 0 aromatic carbocycles. The van der Waals surface area contributed by atoms with Crippen molar-refractivity contribution in [3.05, 3.63) is 12.7 Å². The van der Waals surface area contributed by atoms with Crippen molar-refractivity contribution in [2.24, 2.45) is 5.73 Å². The Kier molecular flexibility index (Phi) is 4.78. The lowest BCUT2D eigenvalue weighted by atomic mass is 10.1. The van der Waals surface area contributed by atoms with Crippen LogP contribution in [0.25, 0.3) is 0 Å². The van der Waals surface area contributed by atoms with Gasteiger partial charge in [-0.25, -0.2) is 14.5 Å². The van der Waals surface area contributed by atoms with E-state index in [0.29, 0.717) is 0 Å². The van der Waals surface area contributed by atoms with Crippen molar-refractivity contribution in [1.82, 2.24) is 20.1 Å². The molecule has 1 heterocycles. The average Bonchev–Trinajstić information content (AvgIpc) is 2.76. The topological polar surface area (TPSA) is 140 Å². The van der Waals surface area contributed by atoms with Gasteiger partial charge in [-0.2, -0.15) is 5.10 Å². The second-order valence-electron chi connectivity index (χ2n) is 3.56. The van der Waals surface area contributed by atoms with Crippen molar-refractivity contribution >= 4 is 17.8 Å². The molecule has 1 rings (SSSR count). The second-order valence-corrected chi connectivity index (χ2v) is 3.56. The SMILES string of the molecule is NC(=O)CC[C@@H](NC(=O)Cn1cncn1)C(=O)O. The van der Waals surface area contributed by atoms with E-state index < -0.39 is 23.8 Å². The van der Waals surface area contributed by atoms with Crippen molar-refractivity contribution in [3.8, 4) is 0 Å². The van der Waals surface area contributed by atoms with E-state index in [-0.39, 0.29) is 19.4 Å². The number of primary amides is 1. The molecule has 0 unspecified atom stereocenters. The number of hydrogen-bond donors (Lipinski definition) is 3. The lowest BCUT2D eigenvalue weighted by molar-refractivity contribution is -0.142. The Labute approximate surface area is 102 Å². The van der Waals surface area contributed by atoms with Gasteiger partial charge in [0.1, 0.15) is 25.2 Å². The molecule has 0 aliphatic carbocycles. The van der Waals surface area contributed by atoms with Crippen LogP contribution in [0.3, 0.4) is 0 Å². The Bertz CT molecular complexity index is 430. The Morgan fingerprint density at radius 1 is 1.44 bits per heavy atom. The Morgan fingerprint density at radius 3 is 2.67 bits per heavy atom. The molecule has 0 saturated carbocycles. The minimum absolute atomic E-state index is 0.0479. The number of amides is 2. The van der Waals surface area contributed by atoms with Crippen molar-refractivity contribution in [3.63, 3.8) is 0 Å². The van der Waals surface area contributed by atoms with E-state index in [1.165, 1.54) is 17.3 Å². The number of nitrogens with one attached hydrogen (secondary N) is 1. The van der Waals surface area contributed by atoms with Crippen molar-refractivity contribution in [2.75, 3.05) is 0 Å². The predicted octanol–water partition coefficient (Wildman–Crippen LogP) is -1.89. The first-order valence-electron chi connectivity index (χ1n) is 5.12. The molecule has 0 radical (unpaired) electrons. The van der Waals surface area contributed by atoms with Gasteiger partial charge < -0.3 is 16.2 Å². The number of aliphatic carboxylic acids is 1. The van der Waals surface area contributed by atoms with E-state index in [4.69, 9.17) is 10.8 Å². The summed E-state index contributed by atoms with van der Waals surface area (Å²) in [4.78, 5) is 36.5. The van der Waals surface area contributed by atoms with Crippen LogP contribution in [0.2, 0.25) is 0 Å². The average molecular weight is 255 g/mol. The minimum atomic E-state index is -1.22. The van der Waals surface area contributed by atoms with Gasteiger partial charge in [0.25, 0.3) is 0 Å². The smallest absolute Gasteiger partial charge is 0.326 e. The molecule has 0 bridgehead atoms. The molecule has 0 saturated heterocycles. The number of carbonyl (C=O) groups excluding carboxylic acids is 2. The zero-order valence-corrected chi connectivity index (χ0v) is 9.44. The van der Waals surface area contributed by atoms with Crippen molar-refractivity contribution in [2.45, 2.75) is 25.4 Å². The third-order valence-electron chi connectivity index (χ3n) is 2.08. The quantitative estimate of drug-likeness (QED) is 0.520. The number of aromatic nitrogens is 3. The number of nitrogens with two attached hydrogens (primary N) is 1. The van der Waals surface area contributed by atoms with Gasteiger partial charge in [0.05, 0.1) is 0 Å². The molecule has 98 valence electrons. The Balaban J connectivity index is 2.47. The van der Waals surface area contributed by atoms with E-state index in [1.807, 2.05) is 0 Å². The highest BCUT2D eigenvalue weighted by Gasteiger charge is 2.20. The first kappa shape index (κ1) is 13.6. The summed E-state index contributed by atoms with van der Waals surface area (Å²) in [5.41, 5.74) is 4.91. The fourth-order valence-corrected chi connectivity index (χ4v) is 1.25. The van der Waals surface area contributed by atoms with E-state index in [9.17, 15) is 14.4 Å². The van der Waals surface area contributed by atoms with E-state index in [1.54, 1.807) is 0 Å². The largest absolute Gasteiger partial charge is 0.480 e. The summed E-state index contributed by atoms with van der Waals surface area (Å²) in [7, 11) is 0. The molecular formula is C9H13N5O4. The molecule has 1 atom stereocenters. The van der Waals surface area contributed by atoms with E-state index >= 15 is 0 Å². The van der Waals surface area contributed by atoms with Crippen LogP contribution in [0.15, 0.2) is 12.7 Å². The molecule has 1 aromatic heterocycles. The first-order valence-corrected chi connectivity index (χ1v) is 5.12. The molecule has 9 nitrogen and oxygen atoms in total. The second kappa shape index (κ2) is 6.33. The number of nitrogens with zero attached hydrogens (tertiary/aromatic N) is 3. The summed E-state index contributed by atoms with van der Waals surface area (Å²) in [6.45, 7) is -0.139. The fourth-order valence-electron chi connectivity index (χ4n) is 1.25. The highest BCUT2D eigenvalue weighted by molar-refractivity contribution is 5.84. The van der Waals surface area contributed by atoms with Gasteiger partial charge in [0.15, 0.2) is 0 Å². The van der Waals surface area contributed by atoms with Crippen LogP contribution in [0.4, 0.5) is 0 Å². The Morgan fingerprint density at radius 2 is 2.17 bits per heavy atom. The van der Waals surface area contributed by atoms with Gasteiger partial charge in [-0.05, 0) is 6.42 Å². The van der Waals surface area contributed by atoms with Crippen molar-refractivity contribution < 1.29 is 19.5 Å². The minimum Gasteiger partial charge on any atom is -0.480 e. The molecule has 1 aromatic rings. The van der Waals surface area contributed by atoms with Crippen molar-refractivity contribution in [1.29, 1.82) is 0 Å². The lowest BCUT2D eigenvalue weighted by Gasteiger charge is -2.13. The Hall–Kier alpha value is -2.45. The standard InChI is InChI=1S/C9H13N5O4/c10-7(15)2-1-6(9(17)18)13-8(16)3-14-5-11-4-12-14/h4-6H,1-3H2,(H2,10,15)(H,13,16)(H,17,18)/t6-/m1/s1. The monoisotopic (exact) mass is 255 g/mol. The number of carbonyl (C=O) groups is 3. The molecule has 18 heavy (non-hydrogen) atoms. The number of carboxylic acids is 1. The van der Waals surface area contributed by atoms with Crippen LogP contribution in [0.5, 0.6) is 0 Å². The highest BCUT2D eigenvalue weighted by atomic mass is 16.4. The third kappa shape index (κ3) is 4.60. The normalized spacial score (nSPS) is 11.8. The first-order chi connectivity index (χ1) is 8.49. The molecule has 0 aliphatic heterocycles. The molecule has 4 N–H and O–H groups in total. The van der Waals surface area contributed by atoms with Crippen LogP contribution in [-0.2, 0) is 20.9 Å². The third-order valence-corrected chi connectivity index (χ3v) is 2.08. The summed E-state index contributed by atoms with van der Waals surface area (Å²) in [6, 6.07) is -1.14. The molecule has 0 fully saturated rings. The summed E-state index contributed by atoms with van der Waals surface area (Å²) in [5.74, 6) is -2.37. The van der Waals surface area contributed by atoms with Gasteiger partial charge in [-0.1, -0.05) is 0 Å². The number of carboxylic acid groups (broad SMARTS) is 1. The molecule has 0 aliphatic rings. The molecular weight excluding hydrogens is 242 g/mol. The maximum Gasteiger partial charge on any atom is 0.326 e. The van der Waals surface area contributed by atoms with Crippen LogP contribution >= 0.6 is 0 Å². The molecule has 0 spiro atoms. The van der Waals surface area contributed by atoms with E-state index in [2.05, 4.69) is 15.4 Å². The summed E-state index contributed by atoms with van der Waals surface area (Å²) < 4.78 is 1.25. The van der Waals surface area contributed by atoms with Crippen LogP contribution in [0, 0.1) is 0 Å². The maximum absolute atomic E-state index is 11.5. The fraction of sp³-hybridized carbons (Fsp3) is 0.444. The van der Waals surface area contributed by atoms with Gasteiger partial charge in [0.2, 0.25) is 11.8 Å². The number of rotatable bonds is 7. The van der Waals surface area contributed by atoms with E-state index in [0.717, 1.165) is 0 Å². The van der Waals surface area contributed by atoms with Gasteiger partial charge in [-0.3, -0.25) is 9.59 Å². The highest BCUT2D eigenvalue weighted by Crippen LogP contribution is 1.97. The zero-order chi connectivity index (χ0) is 13.5. The van der Waals surface area contributed by atoms with Gasteiger partial charge in [0, 0.05) is 6.42 Å². The summed E-state index contributed by atoms with van der Waals surface area (Å²) in [5, 5.41) is 14.8. The van der Waals surface area contributed by atoms with Crippen LogP contribution in [0.1, 0.15) is 12.8 Å².